The summed E-state index contributed by atoms with van der Waals surface area (Å²) in [7, 11) is 0. The summed E-state index contributed by atoms with van der Waals surface area (Å²) in [6.45, 7) is 0.0304. The maximum Gasteiger partial charge on any atom is 0.573 e. The van der Waals surface area contributed by atoms with Gasteiger partial charge < -0.3 is 20.4 Å². The van der Waals surface area contributed by atoms with E-state index in [0.29, 0.717) is 0 Å². The van der Waals surface area contributed by atoms with Crippen molar-refractivity contribution < 1.29 is 33.5 Å². The van der Waals surface area contributed by atoms with E-state index in [-0.39, 0.29) is 18.5 Å². The fourth-order valence-electron chi connectivity index (χ4n) is 1.47. The molecule has 4 nitrogen and oxygen atoms in total. The van der Waals surface area contributed by atoms with Crippen LogP contribution in [0.1, 0.15) is 5.56 Å². The number of alkyl halides is 3. The van der Waals surface area contributed by atoms with Crippen molar-refractivity contribution in [3.8, 4) is 5.75 Å². The molecule has 3 N–H and O–H groups in total. The van der Waals surface area contributed by atoms with E-state index in [1.807, 2.05) is 0 Å². The van der Waals surface area contributed by atoms with E-state index in [9.17, 15) is 23.1 Å². The molecule has 0 aromatic heterocycles. The van der Waals surface area contributed by atoms with E-state index < -0.39 is 24.0 Å². The summed E-state index contributed by atoms with van der Waals surface area (Å²) in [5.74, 6) is -2.68. The predicted molar refractivity (Wildman–Crippen MR) is 53.1 cm³/mol. The maximum atomic E-state index is 12.1. The van der Waals surface area contributed by atoms with Gasteiger partial charge in [0.15, 0.2) is 0 Å². The lowest BCUT2D eigenvalue weighted by Crippen LogP contribution is -2.57. The fourth-order valence-corrected chi connectivity index (χ4v) is 1.47. The Morgan fingerprint density at radius 3 is 2.50 bits per heavy atom. The number of carboxylic acids is 1. The molecule has 0 saturated heterocycles. The Balaban J connectivity index is 2.91. The van der Waals surface area contributed by atoms with Crippen LogP contribution in [-0.4, -0.2) is 18.9 Å². The molecule has 0 bridgehead atoms. The molecule has 1 aromatic carbocycles. The molecule has 1 atom stereocenters. The number of para-hydroxylation sites is 1. The molecule has 0 aliphatic rings. The quantitative estimate of drug-likeness (QED) is 0.794. The van der Waals surface area contributed by atoms with Crippen LogP contribution in [0.4, 0.5) is 13.2 Å². The van der Waals surface area contributed by atoms with Crippen molar-refractivity contribution in [1.29, 1.82) is 0 Å². The number of carbonyl (C=O) groups is 1. The summed E-state index contributed by atoms with van der Waals surface area (Å²) in [6.07, 6.45) is -4.92. The van der Waals surface area contributed by atoms with Crippen LogP contribution in [-0.2, 0) is 11.2 Å². The molecular weight excluding hydrogens is 251 g/mol. The zero-order valence-corrected chi connectivity index (χ0v) is 9.37. The average Bonchev–Trinajstić information content (AvgIpc) is 2.25. The Bertz CT molecular complexity index is 420. The predicted octanol–water partition coefficient (Wildman–Crippen LogP) is -0.264. The number of ether oxygens (including phenoxy) is 1. The minimum Gasteiger partial charge on any atom is -0.550 e. The van der Waals surface area contributed by atoms with Gasteiger partial charge in [0.25, 0.3) is 0 Å². The van der Waals surface area contributed by atoms with Crippen molar-refractivity contribution in [3.63, 3.8) is 0 Å². The summed E-state index contributed by atoms with van der Waals surface area (Å²) in [5.41, 5.74) is 3.58. The summed E-state index contributed by atoms with van der Waals surface area (Å²) in [6, 6.07) is 5.40. The largest absolute Gasteiger partial charge is 0.573 e. The fraction of sp³-hybridized carbons (Fsp3) is 0.364. The van der Waals surface area contributed by atoms with E-state index in [0.717, 1.165) is 6.07 Å². The van der Waals surface area contributed by atoms with Crippen LogP contribution in [0.5, 0.6) is 5.75 Å². The number of carboxylic acid groups (broad SMARTS) is 1. The highest BCUT2D eigenvalue weighted by molar-refractivity contribution is 5.68. The number of rotatable bonds is 5. The van der Waals surface area contributed by atoms with E-state index in [2.05, 4.69) is 10.5 Å². The molecule has 1 aromatic rings. The number of benzene rings is 1. The van der Waals surface area contributed by atoms with Gasteiger partial charge in [-0.3, -0.25) is 0 Å². The SMILES string of the molecule is [NH3+]C[C@@H](Cc1ccccc1OC(F)(F)F)C(=O)[O-]. The normalized spacial score (nSPS) is 13.1. The smallest absolute Gasteiger partial charge is 0.550 e. The van der Waals surface area contributed by atoms with Crippen molar-refractivity contribution in [2.45, 2.75) is 12.8 Å². The monoisotopic (exact) mass is 263 g/mol. The number of hydrogen-bond acceptors (Lipinski definition) is 3. The van der Waals surface area contributed by atoms with E-state index in [1.54, 1.807) is 0 Å². The lowest BCUT2D eigenvalue weighted by atomic mass is 9.99. The molecule has 0 amide bonds. The standard InChI is InChI=1S/C11H12F3NO3/c12-11(13,14)18-9-4-2-1-3-7(9)5-8(6-15)10(16)17/h1-4,8H,5-6,15H2,(H,16,17)/t8-/m1/s1. The van der Waals surface area contributed by atoms with Crippen LogP contribution in [0.2, 0.25) is 0 Å². The summed E-state index contributed by atoms with van der Waals surface area (Å²) < 4.78 is 40.2. The van der Waals surface area contributed by atoms with Crippen molar-refractivity contribution in [1.82, 2.24) is 0 Å². The molecule has 0 aliphatic heterocycles. The van der Waals surface area contributed by atoms with Crippen molar-refractivity contribution in [2.75, 3.05) is 6.54 Å². The highest BCUT2D eigenvalue weighted by atomic mass is 19.4. The van der Waals surface area contributed by atoms with Gasteiger partial charge >= 0.3 is 6.36 Å². The second kappa shape index (κ2) is 5.72. The van der Waals surface area contributed by atoms with E-state index in [4.69, 9.17) is 0 Å². The summed E-state index contributed by atoms with van der Waals surface area (Å²) >= 11 is 0. The molecule has 0 unspecified atom stereocenters. The summed E-state index contributed by atoms with van der Waals surface area (Å²) in [5, 5.41) is 10.7. The number of hydrogen-bond donors (Lipinski definition) is 1. The van der Waals surface area contributed by atoms with Crippen LogP contribution in [0.3, 0.4) is 0 Å². The molecule has 1 rings (SSSR count). The third-order valence-corrected chi connectivity index (χ3v) is 2.35. The zero-order chi connectivity index (χ0) is 13.8. The second-order valence-electron chi connectivity index (χ2n) is 3.66. The van der Waals surface area contributed by atoms with Gasteiger partial charge in [-0.1, -0.05) is 18.2 Å². The van der Waals surface area contributed by atoms with Crippen molar-refractivity contribution in [2.24, 2.45) is 5.92 Å². The van der Waals surface area contributed by atoms with Gasteiger partial charge in [-0.25, -0.2) is 0 Å². The molecule has 18 heavy (non-hydrogen) atoms. The van der Waals surface area contributed by atoms with E-state index in [1.165, 1.54) is 18.2 Å². The lowest BCUT2D eigenvalue weighted by Gasteiger charge is -2.17. The number of aliphatic carboxylic acids is 1. The van der Waals surface area contributed by atoms with E-state index >= 15 is 0 Å². The molecule has 0 spiro atoms. The molecule has 0 fully saturated rings. The van der Waals surface area contributed by atoms with Gasteiger partial charge in [-0.2, -0.15) is 0 Å². The van der Waals surface area contributed by atoms with Gasteiger partial charge in [0, 0.05) is 0 Å². The zero-order valence-electron chi connectivity index (χ0n) is 9.37. The van der Waals surface area contributed by atoms with Gasteiger partial charge in [0.05, 0.1) is 18.4 Å². The molecule has 0 heterocycles. The third kappa shape index (κ3) is 4.25. The average molecular weight is 263 g/mol. The first-order valence-electron chi connectivity index (χ1n) is 5.17. The van der Waals surface area contributed by atoms with Gasteiger partial charge in [0.2, 0.25) is 0 Å². The Hall–Kier alpha value is -1.76. The minimum absolute atomic E-state index is 0.0304. The first-order chi connectivity index (χ1) is 8.33. The molecule has 100 valence electrons. The van der Waals surface area contributed by atoms with Crippen LogP contribution < -0.4 is 15.6 Å². The van der Waals surface area contributed by atoms with Gasteiger partial charge in [-0.05, 0) is 18.1 Å². The third-order valence-electron chi connectivity index (χ3n) is 2.35. The topological polar surface area (TPSA) is 77.0 Å². The molecule has 0 radical (unpaired) electrons. The maximum absolute atomic E-state index is 12.1. The molecule has 0 aliphatic carbocycles. The number of quaternary nitrogens is 1. The first kappa shape index (κ1) is 14.3. The minimum atomic E-state index is -4.81. The molecule has 7 heteroatoms. The van der Waals surface area contributed by atoms with Crippen molar-refractivity contribution >= 4 is 5.97 Å². The van der Waals surface area contributed by atoms with Crippen LogP contribution in [0.25, 0.3) is 0 Å². The van der Waals surface area contributed by atoms with Gasteiger partial charge in [0.1, 0.15) is 5.75 Å². The van der Waals surface area contributed by atoms with Crippen LogP contribution >= 0.6 is 0 Å². The summed E-state index contributed by atoms with van der Waals surface area (Å²) in [4.78, 5) is 10.7. The Labute approximate surface area is 101 Å². The lowest BCUT2D eigenvalue weighted by molar-refractivity contribution is -0.387. The Morgan fingerprint density at radius 2 is 2.00 bits per heavy atom. The highest BCUT2D eigenvalue weighted by Gasteiger charge is 2.32. The van der Waals surface area contributed by atoms with Crippen LogP contribution in [0, 0.1) is 5.92 Å². The first-order valence-corrected chi connectivity index (χ1v) is 5.17. The Kier molecular flexibility index (Phi) is 4.55. The van der Waals surface area contributed by atoms with Crippen molar-refractivity contribution in [3.05, 3.63) is 29.8 Å². The van der Waals surface area contributed by atoms with Gasteiger partial charge in [-0.15, -0.1) is 13.2 Å². The number of halogens is 3. The Morgan fingerprint density at radius 1 is 1.39 bits per heavy atom. The van der Waals surface area contributed by atoms with Crippen LogP contribution in [0.15, 0.2) is 24.3 Å². The number of carbonyl (C=O) groups excluding carboxylic acids is 1. The highest BCUT2D eigenvalue weighted by Crippen LogP contribution is 2.27. The second-order valence-corrected chi connectivity index (χ2v) is 3.66. The molecule has 0 saturated carbocycles. The molecular formula is C11H12F3NO3.